The molecular formula is C20H29NO4Si. The highest BCUT2D eigenvalue weighted by Crippen LogP contribution is 2.44. The summed E-state index contributed by atoms with van der Waals surface area (Å²) in [4.78, 5) is 26.5. The molecule has 0 bridgehead atoms. The SMILES string of the molecule is CC[Si](CC)(CC)O[C@@H]1C(=O)N(C(=O)OCc2ccccc2)[C@@H]1C1CC1. The van der Waals surface area contributed by atoms with Crippen molar-refractivity contribution in [3.8, 4) is 0 Å². The Morgan fingerprint density at radius 2 is 1.73 bits per heavy atom. The maximum atomic E-state index is 12.7. The van der Waals surface area contributed by atoms with Crippen LogP contribution in [-0.2, 0) is 20.6 Å². The topological polar surface area (TPSA) is 55.8 Å². The molecule has 1 saturated carbocycles. The zero-order valence-corrected chi connectivity index (χ0v) is 16.9. The molecule has 1 aliphatic heterocycles. The quantitative estimate of drug-likeness (QED) is 0.501. The van der Waals surface area contributed by atoms with Crippen LogP contribution in [0.2, 0.25) is 18.1 Å². The maximum Gasteiger partial charge on any atom is 0.417 e. The molecule has 2 amide bonds. The molecular weight excluding hydrogens is 346 g/mol. The average Bonchev–Trinajstić information content (AvgIpc) is 3.51. The third kappa shape index (κ3) is 3.71. The fraction of sp³-hybridized carbons (Fsp3) is 0.600. The highest BCUT2D eigenvalue weighted by molar-refractivity contribution is 6.73. The van der Waals surface area contributed by atoms with Crippen molar-refractivity contribution in [2.24, 2.45) is 5.92 Å². The Balaban J connectivity index is 1.65. The van der Waals surface area contributed by atoms with Crippen LogP contribution in [0.25, 0.3) is 0 Å². The summed E-state index contributed by atoms with van der Waals surface area (Å²) < 4.78 is 11.8. The minimum Gasteiger partial charge on any atom is -0.444 e. The lowest BCUT2D eigenvalue weighted by atomic mass is 9.94. The van der Waals surface area contributed by atoms with E-state index in [9.17, 15) is 9.59 Å². The van der Waals surface area contributed by atoms with Crippen LogP contribution in [0, 0.1) is 5.92 Å². The smallest absolute Gasteiger partial charge is 0.417 e. The molecule has 1 aromatic carbocycles. The summed E-state index contributed by atoms with van der Waals surface area (Å²) in [6.07, 6.45) is 1.13. The van der Waals surface area contributed by atoms with Crippen LogP contribution in [0.5, 0.6) is 0 Å². The molecule has 0 N–H and O–H groups in total. The van der Waals surface area contributed by atoms with E-state index in [1.807, 2.05) is 30.3 Å². The number of nitrogens with zero attached hydrogens (tertiary/aromatic N) is 1. The molecule has 2 aliphatic rings. The minimum atomic E-state index is -1.89. The third-order valence-electron chi connectivity index (χ3n) is 5.91. The number of imide groups is 1. The third-order valence-corrected chi connectivity index (χ3v) is 10.5. The largest absolute Gasteiger partial charge is 0.444 e. The number of carbonyl (C=O) groups excluding carboxylic acids is 2. The van der Waals surface area contributed by atoms with Crippen LogP contribution in [0.4, 0.5) is 4.79 Å². The normalized spacial score (nSPS) is 22.9. The van der Waals surface area contributed by atoms with E-state index in [4.69, 9.17) is 9.16 Å². The van der Waals surface area contributed by atoms with Gasteiger partial charge in [0.1, 0.15) is 12.7 Å². The standard InChI is InChI=1S/C20H29NO4Si/c1-4-26(5-2,6-3)25-18-17(16-12-13-16)21(19(18)22)20(23)24-14-15-10-8-7-9-11-15/h7-11,16-18H,4-6,12-14H2,1-3H3/t17-,18+/m1/s1. The maximum absolute atomic E-state index is 12.7. The average molecular weight is 376 g/mol. The zero-order valence-electron chi connectivity index (χ0n) is 15.9. The Morgan fingerprint density at radius 1 is 1.12 bits per heavy atom. The fourth-order valence-electron chi connectivity index (χ4n) is 3.77. The summed E-state index contributed by atoms with van der Waals surface area (Å²) in [5, 5.41) is 0. The van der Waals surface area contributed by atoms with Gasteiger partial charge in [0.25, 0.3) is 5.91 Å². The number of likely N-dealkylation sites (tertiary alicyclic amines) is 1. The number of benzene rings is 1. The van der Waals surface area contributed by atoms with E-state index in [2.05, 4.69) is 20.8 Å². The Labute approximate surface area is 156 Å². The van der Waals surface area contributed by atoms with E-state index in [0.29, 0.717) is 5.92 Å². The van der Waals surface area contributed by atoms with Crippen molar-refractivity contribution >= 4 is 20.3 Å². The Morgan fingerprint density at radius 3 is 2.27 bits per heavy atom. The van der Waals surface area contributed by atoms with Gasteiger partial charge >= 0.3 is 6.09 Å². The summed E-state index contributed by atoms with van der Waals surface area (Å²) >= 11 is 0. The van der Waals surface area contributed by atoms with E-state index >= 15 is 0 Å². The molecule has 0 unspecified atom stereocenters. The molecule has 2 fully saturated rings. The van der Waals surface area contributed by atoms with Crippen LogP contribution >= 0.6 is 0 Å². The van der Waals surface area contributed by atoms with Gasteiger partial charge in [0, 0.05) is 0 Å². The first-order valence-corrected chi connectivity index (χ1v) is 12.3. The summed E-state index contributed by atoms with van der Waals surface area (Å²) in [5.74, 6) is 0.159. The van der Waals surface area contributed by atoms with Gasteiger partial charge in [-0.3, -0.25) is 4.79 Å². The zero-order chi connectivity index (χ0) is 18.7. The van der Waals surface area contributed by atoms with Crippen LogP contribution in [0.3, 0.4) is 0 Å². The predicted molar refractivity (Wildman–Crippen MR) is 102 cm³/mol. The molecule has 26 heavy (non-hydrogen) atoms. The molecule has 0 aromatic heterocycles. The van der Waals surface area contributed by atoms with Crippen LogP contribution in [0.15, 0.2) is 30.3 Å². The summed E-state index contributed by atoms with van der Waals surface area (Å²) in [7, 11) is -1.89. The lowest BCUT2D eigenvalue weighted by Crippen LogP contribution is -2.70. The van der Waals surface area contributed by atoms with Gasteiger partial charge in [0.15, 0.2) is 8.32 Å². The molecule has 1 saturated heterocycles. The number of carbonyl (C=O) groups is 2. The second kappa shape index (κ2) is 7.92. The van der Waals surface area contributed by atoms with Gasteiger partial charge in [0.05, 0.1) is 6.04 Å². The molecule has 0 spiro atoms. The van der Waals surface area contributed by atoms with Crippen molar-refractivity contribution in [3.05, 3.63) is 35.9 Å². The first kappa shape index (κ1) is 19.1. The van der Waals surface area contributed by atoms with E-state index in [-0.39, 0.29) is 18.6 Å². The first-order valence-electron chi connectivity index (χ1n) is 9.76. The van der Waals surface area contributed by atoms with Crippen molar-refractivity contribution in [1.29, 1.82) is 0 Å². The molecule has 3 rings (SSSR count). The van der Waals surface area contributed by atoms with E-state index in [0.717, 1.165) is 36.5 Å². The van der Waals surface area contributed by atoms with Crippen LogP contribution in [0.1, 0.15) is 39.2 Å². The Bertz CT molecular complexity index is 634. The van der Waals surface area contributed by atoms with Gasteiger partial charge in [-0.05, 0) is 42.5 Å². The van der Waals surface area contributed by atoms with Gasteiger partial charge in [-0.2, -0.15) is 0 Å². The molecule has 1 heterocycles. The van der Waals surface area contributed by atoms with E-state index < -0.39 is 20.5 Å². The van der Waals surface area contributed by atoms with Crippen molar-refractivity contribution < 1.29 is 18.8 Å². The van der Waals surface area contributed by atoms with Gasteiger partial charge in [-0.15, -0.1) is 0 Å². The summed E-state index contributed by atoms with van der Waals surface area (Å²) in [6.45, 7) is 6.64. The fourth-order valence-corrected chi connectivity index (χ4v) is 6.55. The Kier molecular flexibility index (Phi) is 5.82. The highest BCUT2D eigenvalue weighted by atomic mass is 28.4. The molecule has 0 radical (unpaired) electrons. The van der Waals surface area contributed by atoms with Crippen molar-refractivity contribution in [2.75, 3.05) is 0 Å². The Hall–Kier alpha value is -1.66. The second-order valence-corrected chi connectivity index (χ2v) is 12.1. The lowest BCUT2D eigenvalue weighted by Gasteiger charge is -2.48. The van der Waals surface area contributed by atoms with Gasteiger partial charge in [-0.1, -0.05) is 51.1 Å². The first-order chi connectivity index (χ1) is 12.5. The predicted octanol–water partition coefficient (Wildman–Crippen LogP) is 4.33. The minimum absolute atomic E-state index is 0.137. The van der Waals surface area contributed by atoms with E-state index in [1.54, 1.807) is 0 Å². The number of hydrogen-bond acceptors (Lipinski definition) is 4. The molecule has 1 aliphatic carbocycles. The molecule has 2 atom stereocenters. The highest BCUT2D eigenvalue weighted by Gasteiger charge is 2.59. The molecule has 1 aromatic rings. The molecule has 5 nitrogen and oxygen atoms in total. The van der Waals surface area contributed by atoms with Gasteiger partial charge < -0.3 is 9.16 Å². The number of amides is 2. The van der Waals surface area contributed by atoms with Crippen molar-refractivity contribution in [1.82, 2.24) is 4.90 Å². The monoisotopic (exact) mass is 375 g/mol. The molecule has 6 heteroatoms. The molecule has 142 valence electrons. The van der Waals surface area contributed by atoms with Gasteiger partial charge in [-0.25, -0.2) is 9.69 Å². The summed E-state index contributed by atoms with van der Waals surface area (Å²) in [6, 6.07) is 12.4. The number of ether oxygens (including phenoxy) is 1. The van der Waals surface area contributed by atoms with Crippen molar-refractivity contribution in [2.45, 2.75) is 70.5 Å². The summed E-state index contributed by atoms with van der Waals surface area (Å²) in [5.41, 5.74) is 0.916. The van der Waals surface area contributed by atoms with Gasteiger partial charge in [0.2, 0.25) is 0 Å². The number of rotatable bonds is 8. The van der Waals surface area contributed by atoms with Crippen LogP contribution in [-0.4, -0.2) is 37.4 Å². The lowest BCUT2D eigenvalue weighted by molar-refractivity contribution is -0.162. The van der Waals surface area contributed by atoms with Crippen molar-refractivity contribution in [3.63, 3.8) is 0 Å². The number of hydrogen-bond donors (Lipinski definition) is 0. The van der Waals surface area contributed by atoms with E-state index in [1.165, 1.54) is 4.90 Å². The van der Waals surface area contributed by atoms with Crippen LogP contribution < -0.4 is 0 Å². The number of β-lactam (4-membered cyclic amide) rings is 1. The second-order valence-electron chi connectivity index (χ2n) is 7.36.